The highest BCUT2D eigenvalue weighted by Crippen LogP contribution is 2.18. The van der Waals surface area contributed by atoms with Gasteiger partial charge in [-0.25, -0.2) is 0 Å². The van der Waals surface area contributed by atoms with Gasteiger partial charge in [-0.15, -0.1) is 0 Å². The molecule has 2 aromatic rings. The molecule has 0 saturated carbocycles. The van der Waals surface area contributed by atoms with Gasteiger partial charge in [0.05, 0.1) is 0 Å². The van der Waals surface area contributed by atoms with E-state index in [0.29, 0.717) is 23.1 Å². The molecule has 0 heterocycles. The molecule has 0 saturated heterocycles. The Kier molecular flexibility index (Phi) is 11.6. The van der Waals surface area contributed by atoms with Gasteiger partial charge in [0.1, 0.15) is 23.8 Å². The number of nitrogens with zero attached hydrogens (tertiary/aromatic N) is 2. The highest BCUT2D eigenvalue weighted by Gasteiger charge is 2.33. The lowest BCUT2D eigenvalue weighted by atomic mass is 9.95. The minimum absolute atomic E-state index is 0.0405. The number of carbonyl (C=O) groups excluding carboxylic acids is 4. The lowest BCUT2D eigenvalue weighted by Crippen LogP contribution is -2.51. The third-order valence-electron chi connectivity index (χ3n) is 6.05. The van der Waals surface area contributed by atoms with Gasteiger partial charge in [-0.2, -0.15) is 0 Å². The predicted octanol–water partition coefficient (Wildman–Crippen LogP) is -0.901. The van der Waals surface area contributed by atoms with E-state index in [0.717, 1.165) is 0 Å². The summed E-state index contributed by atoms with van der Waals surface area (Å²) < 4.78 is 0. The molecule has 0 bridgehead atoms. The van der Waals surface area contributed by atoms with Gasteiger partial charge >= 0.3 is 0 Å². The number of rotatable bonds is 14. The summed E-state index contributed by atoms with van der Waals surface area (Å²) in [7, 11) is 3.06. The number of carbonyl (C=O) groups is 4. The average Bonchev–Trinajstić information content (AvgIpc) is 2.91. The molecule has 1 unspecified atom stereocenters. The Morgan fingerprint density at radius 1 is 0.900 bits per heavy atom. The Morgan fingerprint density at radius 2 is 1.52 bits per heavy atom. The van der Waals surface area contributed by atoms with Crippen molar-refractivity contribution < 1.29 is 19.2 Å². The van der Waals surface area contributed by atoms with E-state index in [9.17, 15) is 19.2 Å². The van der Waals surface area contributed by atoms with Crippen molar-refractivity contribution in [3.05, 3.63) is 71.3 Å². The maximum atomic E-state index is 13.5. The minimum atomic E-state index is -1.22. The smallest absolute Gasteiger partial charge is 0.247 e. The highest BCUT2D eigenvalue weighted by atomic mass is 16.2. The van der Waals surface area contributed by atoms with Crippen LogP contribution in [0, 0.1) is 11.3 Å². The number of nitrogen functional groups attached to an aromatic ring is 1. The quantitative estimate of drug-likeness (QED) is 0.0675. The van der Waals surface area contributed by atoms with Gasteiger partial charge in [0, 0.05) is 26.2 Å². The molecule has 3 atom stereocenters. The van der Waals surface area contributed by atoms with Crippen LogP contribution in [0.5, 0.6) is 0 Å². The van der Waals surface area contributed by atoms with Gasteiger partial charge in [0.25, 0.3) is 0 Å². The molecule has 13 nitrogen and oxygen atoms in total. The predicted molar refractivity (Wildman–Crippen MR) is 152 cm³/mol. The van der Waals surface area contributed by atoms with Crippen molar-refractivity contribution in [1.29, 1.82) is 5.41 Å². The topological polar surface area (TPSA) is 236 Å². The molecule has 0 aliphatic heterocycles. The summed E-state index contributed by atoms with van der Waals surface area (Å²) in [6.07, 6.45) is 0.583. The van der Waals surface area contributed by atoms with E-state index < -0.39 is 41.6 Å². The van der Waals surface area contributed by atoms with Gasteiger partial charge in [-0.1, -0.05) is 54.6 Å². The fourth-order valence-electron chi connectivity index (χ4n) is 3.89. The van der Waals surface area contributed by atoms with Crippen LogP contribution in [0.2, 0.25) is 0 Å². The maximum Gasteiger partial charge on any atom is 0.247 e. The van der Waals surface area contributed by atoms with Crippen molar-refractivity contribution in [3.8, 4) is 0 Å². The Morgan fingerprint density at radius 3 is 2.05 bits per heavy atom. The second kappa shape index (κ2) is 14.9. The van der Waals surface area contributed by atoms with Gasteiger partial charge in [0.2, 0.25) is 23.6 Å². The lowest BCUT2D eigenvalue weighted by molar-refractivity contribution is -0.142. The number of primary amides is 1. The van der Waals surface area contributed by atoms with Crippen LogP contribution in [-0.2, 0) is 25.6 Å². The number of amidine groups is 1. The molecule has 0 fully saturated rings. The zero-order valence-electron chi connectivity index (χ0n) is 22.6. The van der Waals surface area contributed by atoms with Gasteiger partial charge in [-0.3, -0.25) is 29.6 Å². The average molecular weight is 552 g/mol. The molecule has 214 valence electrons. The van der Waals surface area contributed by atoms with E-state index in [1.54, 1.807) is 54.6 Å². The van der Waals surface area contributed by atoms with Crippen LogP contribution >= 0.6 is 0 Å². The van der Waals surface area contributed by atoms with Crippen LogP contribution in [0.15, 0.2) is 59.6 Å². The van der Waals surface area contributed by atoms with E-state index in [4.69, 9.17) is 28.3 Å². The first-order valence-electron chi connectivity index (χ1n) is 12.6. The van der Waals surface area contributed by atoms with Gasteiger partial charge < -0.3 is 38.5 Å². The summed E-state index contributed by atoms with van der Waals surface area (Å²) in [5.74, 6) is -3.94. The third kappa shape index (κ3) is 9.42. The number of benzene rings is 2. The van der Waals surface area contributed by atoms with E-state index >= 15 is 0 Å². The van der Waals surface area contributed by atoms with Gasteiger partial charge in [-0.05, 0) is 30.4 Å². The lowest BCUT2D eigenvalue weighted by Gasteiger charge is -2.25. The molecule has 40 heavy (non-hydrogen) atoms. The van der Waals surface area contributed by atoms with Crippen LogP contribution in [0.3, 0.4) is 0 Å². The van der Waals surface area contributed by atoms with E-state index in [1.165, 1.54) is 19.0 Å². The molecule has 0 aliphatic rings. The number of amides is 4. The Bertz CT molecular complexity index is 1230. The van der Waals surface area contributed by atoms with Crippen LogP contribution in [0.25, 0.3) is 0 Å². The van der Waals surface area contributed by atoms with Crippen molar-refractivity contribution in [2.24, 2.45) is 33.8 Å². The van der Waals surface area contributed by atoms with E-state index in [1.807, 2.05) is 0 Å². The number of nitrogens with two attached hydrogens (primary N) is 4. The molecule has 2 rings (SSSR count). The number of hydrogen-bond donors (Lipinski definition) is 7. The monoisotopic (exact) mass is 551 g/mol. The second-order valence-corrected chi connectivity index (χ2v) is 9.36. The van der Waals surface area contributed by atoms with Crippen LogP contribution in [0.4, 0.5) is 0 Å². The number of hydrogen-bond acceptors (Lipinski definition) is 6. The summed E-state index contributed by atoms with van der Waals surface area (Å²) in [5, 5.41) is 12.8. The third-order valence-corrected chi connectivity index (χ3v) is 6.05. The van der Waals surface area contributed by atoms with E-state index in [-0.39, 0.29) is 31.2 Å². The van der Waals surface area contributed by atoms with E-state index in [2.05, 4.69) is 15.6 Å². The molecule has 0 spiro atoms. The zero-order chi connectivity index (χ0) is 29.8. The molecule has 2 aromatic carbocycles. The summed E-state index contributed by atoms with van der Waals surface area (Å²) in [6, 6.07) is 12.8. The fourth-order valence-corrected chi connectivity index (χ4v) is 3.89. The van der Waals surface area contributed by atoms with Crippen LogP contribution in [-0.4, -0.2) is 67.0 Å². The maximum absolute atomic E-state index is 13.5. The number of aliphatic imine (C=N–C) groups is 1. The molecule has 0 radical (unpaired) electrons. The van der Waals surface area contributed by atoms with Crippen molar-refractivity contribution in [1.82, 2.24) is 15.5 Å². The van der Waals surface area contributed by atoms with Crippen molar-refractivity contribution in [2.45, 2.75) is 31.3 Å². The van der Waals surface area contributed by atoms with Crippen molar-refractivity contribution >= 4 is 35.4 Å². The van der Waals surface area contributed by atoms with Crippen LogP contribution in [0.1, 0.15) is 35.6 Å². The Labute approximate surface area is 232 Å². The normalized spacial score (nSPS) is 12.8. The molecular weight excluding hydrogens is 514 g/mol. The summed E-state index contributed by atoms with van der Waals surface area (Å²) >= 11 is 0. The molecule has 11 N–H and O–H groups in total. The number of guanidine groups is 1. The first kappa shape index (κ1) is 31.3. The first-order chi connectivity index (χ1) is 18.9. The molecular formula is C27H37N9O4. The Balaban J connectivity index is 2.30. The molecule has 0 aliphatic carbocycles. The van der Waals surface area contributed by atoms with Crippen LogP contribution < -0.4 is 33.6 Å². The first-order valence-corrected chi connectivity index (χ1v) is 12.6. The number of nitrogens with one attached hydrogen (secondary N) is 3. The molecule has 4 amide bonds. The van der Waals surface area contributed by atoms with Crippen molar-refractivity contribution in [3.63, 3.8) is 0 Å². The van der Waals surface area contributed by atoms with Gasteiger partial charge in [0.15, 0.2) is 5.96 Å². The second-order valence-electron chi connectivity index (χ2n) is 9.36. The molecule has 0 aromatic heterocycles. The SMILES string of the molecule is CN(C)C(=O)C(Cc1ccc(C(=N)N)cc1)C(=O)N[C@H](C(=O)N[C@@H](CCCN=C(N)N)C(N)=O)c1ccccc1. The minimum Gasteiger partial charge on any atom is -0.384 e. The summed E-state index contributed by atoms with van der Waals surface area (Å²) in [5.41, 5.74) is 23.3. The zero-order valence-corrected chi connectivity index (χ0v) is 22.6. The standard InChI is InChI=1S/C27H37N9O4/c1-36(2)26(40)19(15-16-10-12-18(13-11-16)22(28)29)24(38)35-21(17-7-4-3-5-8-17)25(39)34-20(23(30)37)9-6-14-33-27(31)32/h3-5,7-8,10-13,19-21H,6,9,14-15H2,1-2H3,(H3,28,29)(H2,30,37)(H,34,39)(H,35,38)(H4,31,32,33)/t19?,20-,21-/m0/s1. The highest BCUT2D eigenvalue weighted by molar-refractivity contribution is 6.02. The summed E-state index contributed by atoms with van der Waals surface area (Å²) in [6.45, 7) is 0.239. The van der Waals surface area contributed by atoms with Crippen molar-refractivity contribution in [2.75, 3.05) is 20.6 Å². The Hall–Kier alpha value is -4.94. The molecule has 13 heteroatoms. The largest absolute Gasteiger partial charge is 0.384 e. The fraction of sp³-hybridized carbons (Fsp3) is 0.333. The summed E-state index contributed by atoms with van der Waals surface area (Å²) in [4.78, 5) is 57.2.